The highest BCUT2D eigenvalue weighted by molar-refractivity contribution is 5.76. The number of pyridine rings is 1. The molecule has 0 aromatic carbocycles. The normalized spacial score (nSPS) is 17.2. The molecule has 2 aromatic rings. The minimum Gasteiger partial charge on any atom is -0.479 e. The van der Waals surface area contributed by atoms with Gasteiger partial charge in [-0.1, -0.05) is 6.07 Å². The lowest BCUT2D eigenvalue weighted by Crippen LogP contribution is -2.49. The molecule has 7 heteroatoms. The summed E-state index contributed by atoms with van der Waals surface area (Å²) in [5.74, 6) is 2.21. The molecule has 3 rings (SSSR count). The van der Waals surface area contributed by atoms with Gasteiger partial charge in [0.25, 0.3) is 5.88 Å². The van der Waals surface area contributed by atoms with Gasteiger partial charge in [0.1, 0.15) is 11.6 Å². The van der Waals surface area contributed by atoms with E-state index in [1.807, 2.05) is 37.1 Å². The third kappa shape index (κ3) is 4.33. The van der Waals surface area contributed by atoms with E-state index in [2.05, 4.69) is 15.0 Å². The highest BCUT2D eigenvalue weighted by Gasteiger charge is 2.26. The maximum atomic E-state index is 12.6. The molecule has 0 bridgehead atoms. The van der Waals surface area contributed by atoms with Gasteiger partial charge in [0.2, 0.25) is 5.91 Å². The molecule has 2 aromatic heterocycles. The van der Waals surface area contributed by atoms with E-state index in [0.29, 0.717) is 24.5 Å². The number of piperidine rings is 1. The number of carbonyl (C=O) groups is 1. The van der Waals surface area contributed by atoms with Crippen LogP contribution in [0.2, 0.25) is 0 Å². The lowest BCUT2D eigenvalue weighted by molar-refractivity contribution is -0.132. The van der Waals surface area contributed by atoms with E-state index in [1.54, 1.807) is 13.2 Å². The second kappa shape index (κ2) is 8.21. The Bertz CT molecular complexity index is 746. The fourth-order valence-corrected chi connectivity index (χ4v) is 3.30. The van der Waals surface area contributed by atoms with E-state index in [-0.39, 0.29) is 11.9 Å². The molecule has 1 atom stereocenters. The molecular formula is C19H26N4O3. The number of anilines is 1. The first-order chi connectivity index (χ1) is 12.6. The molecule has 3 heterocycles. The average Bonchev–Trinajstić information content (AvgIpc) is 3.14. The second-order valence-corrected chi connectivity index (χ2v) is 6.72. The Hall–Kier alpha value is -2.57. The standard InChI is InChI=1S/C19H26N4O3/c1-14-6-4-8-17(20-14)23-11-5-7-15(13-23)22(2)19(24)10-9-16-12-18(25-3)21-26-16/h4,6,8,12,15H,5,7,9-11,13H2,1-3H3. The molecule has 1 aliphatic heterocycles. The molecule has 1 amide bonds. The van der Waals surface area contributed by atoms with E-state index < -0.39 is 0 Å². The average molecular weight is 358 g/mol. The number of methoxy groups -OCH3 is 1. The van der Waals surface area contributed by atoms with Gasteiger partial charge in [-0.15, -0.1) is 0 Å². The zero-order chi connectivity index (χ0) is 18.5. The van der Waals surface area contributed by atoms with Crippen molar-refractivity contribution in [3.05, 3.63) is 35.7 Å². The van der Waals surface area contributed by atoms with Crippen LogP contribution >= 0.6 is 0 Å². The molecular weight excluding hydrogens is 332 g/mol. The summed E-state index contributed by atoms with van der Waals surface area (Å²) >= 11 is 0. The molecule has 0 saturated carbocycles. The fraction of sp³-hybridized carbons (Fsp3) is 0.526. The van der Waals surface area contributed by atoms with Crippen molar-refractivity contribution < 1.29 is 14.1 Å². The number of hydrogen-bond acceptors (Lipinski definition) is 6. The van der Waals surface area contributed by atoms with Crippen LogP contribution < -0.4 is 9.64 Å². The smallest absolute Gasteiger partial charge is 0.254 e. The Balaban J connectivity index is 1.56. The van der Waals surface area contributed by atoms with Crippen LogP contribution in [0, 0.1) is 6.92 Å². The number of hydrogen-bond donors (Lipinski definition) is 0. The molecule has 0 spiro atoms. The molecule has 0 radical (unpaired) electrons. The van der Waals surface area contributed by atoms with E-state index >= 15 is 0 Å². The molecule has 26 heavy (non-hydrogen) atoms. The van der Waals surface area contributed by atoms with Crippen molar-refractivity contribution in [1.82, 2.24) is 15.0 Å². The van der Waals surface area contributed by atoms with Gasteiger partial charge in [-0.2, -0.15) is 0 Å². The maximum absolute atomic E-state index is 12.6. The summed E-state index contributed by atoms with van der Waals surface area (Å²) in [6.07, 6.45) is 2.99. The summed E-state index contributed by atoms with van der Waals surface area (Å²) in [6, 6.07) is 7.98. The molecule has 1 fully saturated rings. The first kappa shape index (κ1) is 18.2. The molecule has 1 aliphatic rings. The van der Waals surface area contributed by atoms with E-state index in [0.717, 1.165) is 37.4 Å². The number of ether oxygens (including phenoxy) is 1. The zero-order valence-corrected chi connectivity index (χ0v) is 15.6. The monoisotopic (exact) mass is 358 g/mol. The number of aryl methyl sites for hydroxylation is 2. The number of nitrogens with zero attached hydrogens (tertiary/aromatic N) is 4. The van der Waals surface area contributed by atoms with Crippen LogP contribution in [-0.2, 0) is 11.2 Å². The van der Waals surface area contributed by atoms with Crippen LogP contribution in [0.3, 0.4) is 0 Å². The van der Waals surface area contributed by atoms with Crippen LogP contribution in [-0.4, -0.2) is 54.2 Å². The van der Waals surface area contributed by atoms with Crippen LogP contribution in [0.5, 0.6) is 5.88 Å². The third-order valence-electron chi connectivity index (χ3n) is 4.87. The van der Waals surface area contributed by atoms with E-state index in [4.69, 9.17) is 9.26 Å². The van der Waals surface area contributed by atoms with Gasteiger partial charge in [0.05, 0.1) is 7.11 Å². The minimum atomic E-state index is 0.115. The largest absolute Gasteiger partial charge is 0.479 e. The van der Waals surface area contributed by atoms with Crippen molar-refractivity contribution in [2.75, 3.05) is 32.1 Å². The molecule has 1 saturated heterocycles. The zero-order valence-electron chi connectivity index (χ0n) is 15.6. The van der Waals surface area contributed by atoms with Gasteiger partial charge in [-0.05, 0) is 37.1 Å². The SMILES string of the molecule is COc1cc(CCC(=O)N(C)C2CCCN(c3cccc(C)n3)C2)on1. The second-order valence-electron chi connectivity index (χ2n) is 6.72. The lowest BCUT2D eigenvalue weighted by Gasteiger charge is -2.38. The van der Waals surface area contributed by atoms with Gasteiger partial charge in [-0.3, -0.25) is 4.79 Å². The molecule has 0 N–H and O–H groups in total. The maximum Gasteiger partial charge on any atom is 0.254 e. The fourth-order valence-electron chi connectivity index (χ4n) is 3.30. The number of likely N-dealkylation sites (N-methyl/N-ethyl adjacent to an activating group) is 1. The summed E-state index contributed by atoms with van der Waals surface area (Å²) in [7, 11) is 3.43. The summed E-state index contributed by atoms with van der Waals surface area (Å²) in [6.45, 7) is 3.79. The van der Waals surface area contributed by atoms with Gasteiger partial charge >= 0.3 is 0 Å². The van der Waals surface area contributed by atoms with Crippen LogP contribution in [0.1, 0.15) is 30.7 Å². The van der Waals surface area contributed by atoms with Gasteiger partial charge in [-0.25, -0.2) is 4.98 Å². The van der Waals surface area contributed by atoms with Crippen molar-refractivity contribution in [2.24, 2.45) is 0 Å². The summed E-state index contributed by atoms with van der Waals surface area (Å²) in [4.78, 5) is 21.3. The number of amides is 1. The predicted octanol–water partition coefficient (Wildman–Crippen LogP) is 2.45. The quantitative estimate of drug-likeness (QED) is 0.790. The Morgan fingerprint density at radius 3 is 3.04 bits per heavy atom. The topological polar surface area (TPSA) is 71.7 Å². The number of carbonyl (C=O) groups excluding carboxylic acids is 1. The van der Waals surface area contributed by atoms with Gasteiger partial charge in [0.15, 0.2) is 0 Å². The highest BCUT2D eigenvalue weighted by Crippen LogP contribution is 2.21. The third-order valence-corrected chi connectivity index (χ3v) is 4.87. The van der Waals surface area contributed by atoms with Crippen molar-refractivity contribution in [3.8, 4) is 5.88 Å². The Kier molecular flexibility index (Phi) is 5.75. The van der Waals surface area contributed by atoms with Crippen molar-refractivity contribution in [1.29, 1.82) is 0 Å². The van der Waals surface area contributed by atoms with Gasteiger partial charge < -0.3 is 19.1 Å². The molecule has 140 valence electrons. The van der Waals surface area contributed by atoms with Crippen molar-refractivity contribution in [3.63, 3.8) is 0 Å². The van der Waals surface area contributed by atoms with Crippen molar-refractivity contribution >= 4 is 11.7 Å². The Morgan fingerprint density at radius 2 is 2.31 bits per heavy atom. The minimum absolute atomic E-state index is 0.115. The first-order valence-corrected chi connectivity index (χ1v) is 9.00. The van der Waals surface area contributed by atoms with Gasteiger partial charge in [0, 0.05) is 50.8 Å². The predicted molar refractivity (Wildman–Crippen MR) is 98.4 cm³/mol. The van der Waals surface area contributed by atoms with Crippen LogP contribution in [0.4, 0.5) is 5.82 Å². The Labute approximate surface area is 153 Å². The van der Waals surface area contributed by atoms with E-state index in [1.165, 1.54) is 0 Å². The number of rotatable bonds is 6. The van der Waals surface area contributed by atoms with Crippen LogP contribution in [0.15, 0.2) is 28.8 Å². The number of aromatic nitrogens is 2. The molecule has 1 unspecified atom stereocenters. The first-order valence-electron chi connectivity index (χ1n) is 9.00. The molecule has 7 nitrogen and oxygen atoms in total. The Morgan fingerprint density at radius 1 is 1.46 bits per heavy atom. The van der Waals surface area contributed by atoms with Crippen molar-refractivity contribution in [2.45, 2.75) is 38.6 Å². The summed E-state index contributed by atoms with van der Waals surface area (Å²) in [5, 5.41) is 3.76. The summed E-state index contributed by atoms with van der Waals surface area (Å²) in [5.41, 5.74) is 1.01. The van der Waals surface area contributed by atoms with Crippen LogP contribution in [0.25, 0.3) is 0 Å². The van der Waals surface area contributed by atoms with E-state index in [9.17, 15) is 4.79 Å². The highest BCUT2D eigenvalue weighted by atomic mass is 16.5. The summed E-state index contributed by atoms with van der Waals surface area (Å²) < 4.78 is 10.1. The molecule has 0 aliphatic carbocycles. The lowest BCUT2D eigenvalue weighted by atomic mass is 10.0.